The molecule has 1 amide bonds. The van der Waals surface area contributed by atoms with E-state index in [4.69, 9.17) is 9.15 Å². The van der Waals surface area contributed by atoms with E-state index in [1.165, 1.54) is 0 Å². The Hall–Kier alpha value is -1.49. The number of carbonyl (C=O) groups excluding carboxylic acids is 1. The number of hydrogen-bond donors (Lipinski definition) is 1. The second kappa shape index (κ2) is 7.86. The van der Waals surface area contributed by atoms with Crippen LogP contribution in [0.5, 0.6) is 0 Å². The normalized spacial score (nSPS) is 19.8. The number of carbonyl (C=O) groups is 1. The smallest absolute Gasteiger partial charge is 0.410 e. The molecule has 0 aromatic carbocycles. The fraction of sp³-hybridized carbons (Fsp3) is 0.722. The van der Waals surface area contributed by atoms with Crippen LogP contribution in [0.15, 0.2) is 22.8 Å². The molecule has 1 N–H and O–H groups in total. The summed E-state index contributed by atoms with van der Waals surface area (Å²) in [6, 6.07) is 4.21. The van der Waals surface area contributed by atoms with Crippen LogP contribution in [0.3, 0.4) is 0 Å². The predicted octanol–water partition coefficient (Wildman–Crippen LogP) is 3.97. The van der Waals surface area contributed by atoms with Gasteiger partial charge in [-0.15, -0.1) is 0 Å². The van der Waals surface area contributed by atoms with E-state index in [1.54, 1.807) is 6.26 Å². The van der Waals surface area contributed by atoms with E-state index in [1.807, 2.05) is 37.8 Å². The summed E-state index contributed by atoms with van der Waals surface area (Å²) in [6.45, 7) is 10.4. The quantitative estimate of drug-likeness (QED) is 0.861. The Kier molecular flexibility index (Phi) is 6.10. The van der Waals surface area contributed by atoms with E-state index in [-0.39, 0.29) is 12.1 Å². The van der Waals surface area contributed by atoms with Gasteiger partial charge in [0.25, 0.3) is 0 Å². The maximum atomic E-state index is 12.1. The van der Waals surface area contributed by atoms with Gasteiger partial charge < -0.3 is 19.4 Å². The molecule has 0 bridgehead atoms. The molecule has 0 radical (unpaired) electrons. The molecule has 23 heavy (non-hydrogen) atoms. The first-order chi connectivity index (χ1) is 10.9. The Bertz CT molecular complexity index is 479. The number of nitrogens with one attached hydrogen (secondary N) is 1. The van der Waals surface area contributed by atoms with Crippen molar-refractivity contribution < 1.29 is 13.9 Å². The summed E-state index contributed by atoms with van der Waals surface area (Å²) in [5.41, 5.74) is -0.423. The molecule has 5 heteroatoms. The molecule has 2 unspecified atom stereocenters. The Morgan fingerprint density at radius 3 is 2.91 bits per heavy atom. The van der Waals surface area contributed by atoms with Crippen LogP contribution in [0, 0.1) is 5.92 Å². The van der Waals surface area contributed by atoms with Gasteiger partial charge in [0, 0.05) is 13.1 Å². The fourth-order valence-corrected chi connectivity index (χ4v) is 2.96. The highest BCUT2D eigenvalue weighted by molar-refractivity contribution is 5.68. The van der Waals surface area contributed by atoms with Crippen LogP contribution in [0.4, 0.5) is 4.79 Å². The van der Waals surface area contributed by atoms with E-state index in [9.17, 15) is 4.79 Å². The summed E-state index contributed by atoms with van der Waals surface area (Å²) in [5.74, 6) is 1.54. The number of furan rings is 1. The largest absolute Gasteiger partial charge is 0.468 e. The highest BCUT2D eigenvalue weighted by Crippen LogP contribution is 2.22. The lowest BCUT2D eigenvalue weighted by Crippen LogP contribution is -2.35. The summed E-state index contributed by atoms with van der Waals surface area (Å²) in [4.78, 5) is 13.9. The summed E-state index contributed by atoms with van der Waals surface area (Å²) in [5, 5.41) is 3.55. The molecule has 130 valence electrons. The number of ether oxygens (including phenoxy) is 1. The molecule has 2 heterocycles. The van der Waals surface area contributed by atoms with Gasteiger partial charge in [-0.05, 0) is 64.6 Å². The first-order valence-electron chi connectivity index (χ1n) is 8.63. The van der Waals surface area contributed by atoms with Gasteiger partial charge in [0.1, 0.15) is 11.4 Å². The van der Waals surface area contributed by atoms with Crippen LogP contribution in [0.1, 0.15) is 58.8 Å². The van der Waals surface area contributed by atoms with Crippen LogP contribution in [0.2, 0.25) is 0 Å². The number of rotatable bonds is 6. The monoisotopic (exact) mass is 322 g/mol. The number of nitrogens with zero attached hydrogens (tertiary/aromatic N) is 1. The first kappa shape index (κ1) is 17.9. The topological polar surface area (TPSA) is 54.7 Å². The lowest BCUT2D eigenvalue weighted by atomic mass is 10.0. The second-order valence-corrected chi connectivity index (χ2v) is 7.30. The third kappa shape index (κ3) is 5.57. The first-order valence-corrected chi connectivity index (χ1v) is 8.63. The predicted molar refractivity (Wildman–Crippen MR) is 90.3 cm³/mol. The number of likely N-dealkylation sites (tertiary alicyclic amines) is 1. The van der Waals surface area contributed by atoms with Crippen molar-refractivity contribution in [1.82, 2.24) is 10.2 Å². The summed E-state index contributed by atoms with van der Waals surface area (Å²) in [7, 11) is 0. The zero-order valence-electron chi connectivity index (χ0n) is 14.8. The summed E-state index contributed by atoms with van der Waals surface area (Å²) < 4.78 is 10.9. The van der Waals surface area contributed by atoms with Gasteiger partial charge in [-0.25, -0.2) is 4.79 Å². The molecule has 2 atom stereocenters. The number of amides is 1. The highest BCUT2D eigenvalue weighted by atomic mass is 16.6. The van der Waals surface area contributed by atoms with E-state index in [0.29, 0.717) is 5.92 Å². The minimum Gasteiger partial charge on any atom is -0.468 e. The van der Waals surface area contributed by atoms with Crippen LogP contribution < -0.4 is 5.32 Å². The zero-order chi connectivity index (χ0) is 16.9. The molecule has 1 aromatic heterocycles. The minimum absolute atomic E-state index is 0.185. The molecule has 1 aromatic rings. The molecule has 1 aliphatic heterocycles. The summed E-state index contributed by atoms with van der Waals surface area (Å²) >= 11 is 0. The van der Waals surface area contributed by atoms with Gasteiger partial charge in [0.15, 0.2) is 0 Å². The number of hydrogen-bond acceptors (Lipinski definition) is 4. The minimum atomic E-state index is -0.423. The third-order valence-electron chi connectivity index (χ3n) is 4.18. The standard InChI is InChI=1S/C18H30N2O3/c1-5-15(16-7-6-12-22-16)19-10-8-14-9-11-20(13-14)17(21)23-18(2,3)4/h6-7,12,14-15,19H,5,8-11,13H2,1-4H3. The Labute approximate surface area is 139 Å². The van der Waals surface area contributed by atoms with E-state index in [0.717, 1.165) is 44.7 Å². The van der Waals surface area contributed by atoms with Crippen LogP contribution >= 0.6 is 0 Å². The molecule has 1 saturated heterocycles. The van der Waals surface area contributed by atoms with Crippen molar-refractivity contribution in [2.75, 3.05) is 19.6 Å². The van der Waals surface area contributed by atoms with Crippen LogP contribution in [-0.4, -0.2) is 36.2 Å². The Morgan fingerprint density at radius 2 is 2.30 bits per heavy atom. The van der Waals surface area contributed by atoms with Gasteiger partial charge in [-0.2, -0.15) is 0 Å². The van der Waals surface area contributed by atoms with Gasteiger partial charge in [0.05, 0.1) is 12.3 Å². The maximum absolute atomic E-state index is 12.1. The maximum Gasteiger partial charge on any atom is 0.410 e. The molecule has 1 aliphatic rings. The molecule has 5 nitrogen and oxygen atoms in total. The second-order valence-electron chi connectivity index (χ2n) is 7.30. The van der Waals surface area contributed by atoms with Crippen molar-refractivity contribution in [2.24, 2.45) is 5.92 Å². The van der Waals surface area contributed by atoms with Gasteiger partial charge in [-0.1, -0.05) is 6.92 Å². The molecule has 0 aliphatic carbocycles. The van der Waals surface area contributed by atoms with Crippen molar-refractivity contribution >= 4 is 6.09 Å². The third-order valence-corrected chi connectivity index (χ3v) is 4.18. The average Bonchev–Trinajstić information content (AvgIpc) is 3.13. The van der Waals surface area contributed by atoms with Gasteiger partial charge in [-0.3, -0.25) is 0 Å². The van der Waals surface area contributed by atoms with Crippen LogP contribution in [0.25, 0.3) is 0 Å². The Balaban J connectivity index is 1.70. The average molecular weight is 322 g/mol. The van der Waals surface area contributed by atoms with E-state index in [2.05, 4.69) is 12.2 Å². The summed E-state index contributed by atoms with van der Waals surface area (Å²) in [6.07, 6.45) is 4.65. The SMILES string of the molecule is CCC(NCCC1CCN(C(=O)OC(C)(C)C)C1)c1ccco1. The molecule has 0 spiro atoms. The lowest BCUT2D eigenvalue weighted by molar-refractivity contribution is 0.0287. The van der Waals surface area contributed by atoms with Crippen molar-refractivity contribution in [1.29, 1.82) is 0 Å². The molecule has 0 saturated carbocycles. The lowest BCUT2D eigenvalue weighted by Gasteiger charge is -2.24. The van der Waals surface area contributed by atoms with Gasteiger partial charge in [0.2, 0.25) is 0 Å². The molecular formula is C18H30N2O3. The van der Waals surface area contributed by atoms with Crippen molar-refractivity contribution in [3.05, 3.63) is 24.2 Å². The van der Waals surface area contributed by atoms with E-state index < -0.39 is 5.60 Å². The van der Waals surface area contributed by atoms with Crippen molar-refractivity contribution in [3.8, 4) is 0 Å². The highest BCUT2D eigenvalue weighted by Gasteiger charge is 2.29. The van der Waals surface area contributed by atoms with Crippen molar-refractivity contribution in [2.45, 2.75) is 58.6 Å². The molecule has 2 rings (SSSR count). The molecular weight excluding hydrogens is 292 g/mol. The Morgan fingerprint density at radius 1 is 1.52 bits per heavy atom. The van der Waals surface area contributed by atoms with E-state index >= 15 is 0 Å². The molecule has 1 fully saturated rings. The van der Waals surface area contributed by atoms with Crippen LogP contribution in [-0.2, 0) is 4.74 Å². The zero-order valence-corrected chi connectivity index (χ0v) is 14.8. The van der Waals surface area contributed by atoms with Crippen molar-refractivity contribution in [3.63, 3.8) is 0 Å². The fourth-order valence-electron chi connectivity index (χ4n) is 2.96. The van der Waals surface area contributed by atoms with Gasteiger partial charge >= 0.3 is 6.09 Å².